The van der Waals surface area contributed by atoms with Gasteiger partial charge in [0, 0.05) is 29.5 Å². The number of aliphatic imine (C=N–C) groups is 1. The van der Waals surface area contributed by atoms with Crippen molar-refractivity contribution >= 4 is 23.2 Å². The zero-order valence-corrected chi connectivity index (χ0v) is 9.14. The minimum atomic E-state index is 0.959. The lowest BCUT2D eigenvalue weighted by Crippen LogP contribution is -1.87. The van der Waals surface area contributed by atoms with Crippen LogP contribution in [-0.2, 0) is 0 Å². The average molecular weight is 211 g/mol. The first kappa shape index (κ1) is 10.4. The van der Waals surface area contributed by atoms with Gasteiger partial charge >= 0.3 is 0 Å². The molecule has 0 aliphatic rings. The van der Waals surface area contributed by atoms with E-state index in [4.69, 9.17) is 0 Å². The molecular weight excluding hydrogens is 198 g/mol. The highest BCUT2D eigenvalue weighted by molar-refractivity contribution is 5.92. The average Bonchev–Trinajstić information content (AvgIpc) is 2.78. The zero-order valence-electron chi connectivity index (χ0n) is 9.14. The molecule has 3 heteroatoms. The molecule has 0 bridgehead atoms. The Morgan fingerprint density at radius 3 is 3.12 bits per heavy atom. The molecule has 80 valence electrons. The smallest absolute Gasteiger partial charge is 0.0792 e. The van der Waals surface area contributed by atoms with E-state index < -0.39 is 0 Å². The number of pyridine rings is 1. The Morgan fingerprint density at radius 1 is 1.50 bits per heavy atom. The standard InChI is InChI=1S/C13H13N3/c1-3-10(4-7-14-2)13-11-5-8-15-12(11)6-9-16-13/h3-9,15H,2H2,1H3/b7-4-,10-3+. The Bertz CT molecular complexity index is 561. The van der Waals surface area contributed by atoms with Crippen LogP contribution in [0, 0.1) is 0 Å². The molecule has 0 saturated carbocycles. The number of allylic oxidation sites excluding steroid dienone is 3. The third-order valence-corrected chi connectivity index (χ3v) is 2.42. The van der Waals surface area contributed by atoms with Crippen LogP contribution in [-0.4, -0.2) is 16.7 Å². The molecule has 0 unspecified atom stereocenters. The highest BCUT2D eigenvalue weighted by Crippen LogP contribution is 2.22. The van der Waals surface area contributed by atoms with Gasteiger partial charge in [-0.2, -0.15) is 0 Å². The van der Waals surface area contributed by atoms with Crippen LogP contribution in [0.2, 0.25) is 0 Å². The molecule has 0 amide bonds. The topological polar surface area (TPSA) is 41.0 Å². The number of nitrogens with one attached hydrogen (secondary N) is 1. The van der Waals surface area contributed by atoms with Crippen molar-refractivity contribution < 1.29 is 0 Å². The quantitative estimate of drug-likeness (QED) is 0.614. The second-order valence-electron chi connectivity index (χ2n) is 3.34. The molecule has 2 rings (SSSR count). The lowest BCUT2D eigenvalue weighted by atomic mass is 10.1. The molecule has 0 spiro atoms. The van der Waals surface area contributed by atoms with Crippen LogP contribution >= 0.6 is 0 Å². The minimum Gasteiger partial charge on any atom is -0.361 e. The van der Waals surface area contributed by atoms with Crippen LogP contribution in [0.1, 0.15) is 12.6 Å². The van der Waals surface area contributed by atoms with Gasteiger partial charge in [0.15, 0.2) is 0 Å². The second-order valence-corrected chi connectivity index (χ2v) is 3.34. The summed E-state index contributed by atoms with van der Waals surface area (Å²) in [5, 5.41) is 1.12. The molecular formula is C13H13N3. The Kier molecular flexibility index (Phi) is 2.96. The highest BCUT2D eigenvalue weighted by Gasteiger charge is 2.05. The summed E-state index contributed by atoms with van der Waals surface area (Å²) in [7, 11) is 0. The molecule has 16 heavy (non-hydrogen) atoms. The molecule has 2 heterocycles. The van der Waals surface area contributed by atoms with Gasteiger partial charge in [-0.3, -0.25) is 9.98 Å². The molecule has 0 radical (unpaired) electrons. The predicted molar refractivity (Wildman–Crippen MR) is 68.4 cm³/mol. The van der Waals surface area contributed by atoms with Crippen LogP contribution in [0.25, 0.3) is 16.5 Å². The maximum Gasteiger partial charge on any atom is 0.0792 e. The fourth-order valence-corrected chi connectivity index (χ4v) is 1.66. The highest BCUT2D eigenvalue weighted by atomic mass is 14.7. The zero-order chi connectivity index (χ0) is 11.4. The fourth-order valence-electron chi connectivity index (χ4n) is 1.66. The van der Waals surface area contributed by atoms with E-state index in [1.165, 1.54) is 0 Å². The number of aromatic amines is 1. The summed E-state index contributed by atoms with van der Waals surface area (Å²) < 4.78 is 0. The Hall–Kier alpha value is -2.16. The number of rotatable bonds is 3. The van der Waals surface area contributed by atoms with Crippen LogP contribution in [0.4, 0.5) is 0 Å². The second kappa shape index (κ2) is 4.57. The van der Waals surface area contributed by atoms with Gasteiger partial charge in [-0.05, 0) is 37.4 Å². The van der Waals surface area contributed by atoms with Crippen molar-refractivity contribution in [1.29, 1.82) is 0 Å². The van der Waals surface area contributed by atoms with Crippen LogP contribution in [0.3, 0.4) is 0 Å². The first-order chi connectivity index (χ1) is 7.86. The Morgan fingerprint density at radius 2 is 2.38 bits per heavy atom. The van der Waals surface area contributed by atoms with Crippen LogP contribution < -0.4 is 0 Å². The number of fused-ring (bicyclic) bond motifs is 1. The molecule has 3 nitrogen and oxygen atoms in total. The number of aromatic nitrogens is 2. The summed E-state index contributed by atoms with van der Waals surface area (Å²) in [4.78, 5) is 11.3. The van der Waals surface area contributed by atoms with Crippen molar-refractivity contribution in [3.63, 3.8) is 0 Å². The number of H-pyrrole nitrogens is 1. The maximum absolute atomic E-state index is 4.40. The van der Waals surface area contributed by atoms with E-state index in [0.717, 1.165) is 22.2 Å². The van der Waals surface area contributed by atoms with Gasteiger partial charge in [0.05, 0.1) is 5.69 Å². The Balaban J connectivity index is 2.57. The van der Waals surface area contributed by atoms with E-state index in [9.17, 15) is 0 Å². The number of hydrogen-bond acceptors (Lipinski definition) is 2. The first-order valence-electron chi connectivity index (χ1n) is 5.08. The van der Waals surface area contributed by atoms with Gasteiger partial charge in [-0.1, -0.05) is 6.08 Å². The van der Waals surface area contributed by atoms with Crippen LogP contribution in [0.15, 0.2) is 47.9 Å². The lowest BCUT2D eigenvalue weighted by molar-refractivity contribution is 1.31. The predicted octanol–water partition coefficient (Wildman–Crippen LogP) is 3.18. The van der Waals surface area contributed by atoms with E-state index in [1.54, 1.807) is 12.4 Å². The SMILES string of the molecule is C=N/C=C\C(=C/C)c1nccc2[nH]ccc12. The lowest BCUT2D eigenvalue weighted by Gasteiger charge is -2.02. The molecule has 2 aromatic rings. The third-order valence-electron chi connectivity index (χ3n) is 2.42. The summed E-state index contributed by atoms with van der Waals surface area (Å²) in [6.45, 7) is 5.40. The van der Waals surface area contributed by atoms with Gasteiger partial charge < -0.3 is 4.98 Å². The van der Waals surface area contributed by atoms with E-state index in [0.29, 0.717) is 0 Å². The molecule has 2 aromatic heterocycles. The van der Waals surface area contributed by atoms with Gasteiger partial charge in [0.1, 0.15) is 0 Å². The third kappa shape index (κ3) is 1.80. The number of nitrogens with zero attached hydrogens (tertiary/aromatic N) is 2. The van der Waals surface area contributed by atoms with Gasteiger partial charge in [-0.25, -0.2) is 0 Å². The first-order valence-corrected chi connectivity index (χ1v) is 5.08. The summed E-state index contributed by atoms with van der Waals surface area (Å²) >= 11 is 0. The molecule has 0 saturated heterocycles. The van der Waals surface area contributed by atoms with Crippen molar-refractivity contribution in [2.75, 3.05) is 0 Å². The minimum absolute atomic E-state index is 0.959. The van der Waals surface area contributed by atoms with Crippen molar-refractivity contribution in [1.82, 2.24) is 9.97 Å². The van der Waals surface area contributed by atoms with E-state index in [1.807, 2.05) is 37.4 Å². The van der Waals surface area contributed by atoms with Crippen molar-refractivity contribution in [2.24, 2.45) is 4.99 Å². The number of hydrogen-bond donors (Lipinski definition) is 1. The summed E-state index contributed by atoms with van der Waals surface area (Å²) in [5.41, 5.74) is 3.09. The van der Waals surface area contributed by atoms with E-state index >= 15 is 0 Å². The summed E-state index contributed by atoms with van der Waals surface area (Å²) in [6.07, 6.45) is 9.30. The molecule has 0 aliphatic heterocycles. The van der Waals surface area contributed by atoms with Crippen LogP contribution in [0.5, 0.6) is 0 Å². The molecule has 0 fully saturated rings. The summed E-state index contributed by atoms with van der Waals surface area (Å²) in [6, 6.07) is 3.98. The van der Waals surface area contributed by atoms with Crippen molar-refractivity contribution in [3.05, 3.63) is 48.6 Å². The molecule has 0 aliphatic carbocycles. The van der Waals surface area contributed by atoms with Gasteiger partial charge in [0.2, 0.25) is 0 Å². The normalized spacial score (nSPS) is 12.4. The van der Waals surface area contributed by atoms with Crippen molar-refractivity contribution in [3.8, 4) is 0 Å². The van der Waals surface area contributed by atoms with E-state index in [2.05, 4.69) is 21.7 Å². The maximum atomic E-state index is 4.40. The monoisotopic (exact) mass is 211 g/mol. The molecule has 0 atom stereocenters. The largest absolute Gasteiger partial charge is 0.361 e. The van der Waals surface area contributed by atoms with Gasteiger partial charge in [-0.15, -0.1) is 0 Å². The molecule has 1 N–H and O–H groups in total. The fraction of sp³-hybridized carbons (Fsp3) is 0.0769. The van der Waals surface area contributed by atoms with Gasteiger partial charge in [0.25, 0.3) is 0 Å². The summed E-state index contributed by atoms with van der Waals surface area (Å²) in [5.74, 6) is 0. The Labute approximate surface area is 94.2 Å². The van der Waals surface area contributed by atoms with E-state index in [-0.39, 0.29) is 0 Å². The molecule has 0 aromatic carbocycles. The van der Waals surface area contributed by atoms with Crippen molar-refractivity contribution in [2.45, 2.75) is 6.92 Å².